The molecule has 1 N–H and O–H groups in total. The molecule has 4 unspecified atom stereocenters. The molecule has 1 aliphatic heterocycles. The Morgan fingerprint density at radius 1 is 1.35 bits per heavy atom. The number of fused-ring (bicyclic) bond motifs is 3. The quantitative estimate of drug-likeness (QED) is 0.903. The van der Waals surface area contributed by atoms with Gasteiger partial charge in [-0.05, 0) is 62.0 Å². The predicted octanol–water partition coefficient (Wildman–Crippen LogP) is 4.20. The van der Waals surface area contributed by atoms with E-state index >= 15 is 0 Å². The minimum absolute atomic E-state index is 0.194. The number of hydrogen-bond acceptors (Lipinski definition) is 3. The van der Waals surface area contributed by atoms with Crippen LogP contribution >= 0.6 is 0 Å². The predicted molar refractivity (Wildman–Crippen MR) is 95.4 cm³/mol. The normalized spacial score (nSPS) is 33.1. The second-order valence-electron chi connectivity index (χ2n) is 7.67. The molecular weight excluding hydrogens is 286 g/mol. The zero-order valence-electron chi connectivity index (χ0n) is 15.0. The number of aliphatic hydroxyl groups excluding tert-OH is 1. The van der Waals surface area contributed by atoms with E-state index in [0.717, 1.165) is 18.6 Å². The largest absolute Gasteiger partial charge is 0.497 e. The second kappa shape index (κ2) is 6.35. The van der Waals surface area contributed by atoms with Crippen molar-refractivity contribution < 1.29 is 9.84 Å². The SMILES string of the molecule is CCCC1(C)C2CCC(CO)CC2c2ccc(OC)cc2N1C. The van der Waals surface area contributed by atoms with Crippen LogP contribution in [0.3, 0.4) is 0 Å². The Bertz CT molecular complexity index is 559. The van der Waals surface area contributed by atoms with Gasteiger partial charge < -0.3 is 14.7 Å². The third-order valence-electron chi connectivity index (χ3n) is 6.54. The van der Waals surface area contributed by atoms with Gasteiger partial charge in [-0.1, -0.05) is 19.4 Å². The van der Waals surface area contributed by atoms with Gasteiger partial charge >= 0.3 is 0 Å². The minimum Gasteiger partial charge on any atom is -0.497 e. The van der Waals surface area contributed by atoms with Crippen molar-refractivity contribution in [1.82, 2.24) is 0 Å². The first-order valence-electron chi connectivity index (χ1n) is 9.07. The van der Waals surface area contributed by atoms with Crippen LogP contribution in [0.25, 0.3) is 0 Å². The highest BCUT2D eigenvalue weighted by Gasteiger charge is 2.49. The molecular formula is C20H31NO2. The van der Waals surface area contributed by atoms with E-state index in [1.165, 1.54) is 30.5 Å². The number of benzene rings is 1. The maximum absolute atomic E-state index is 9.67. The minimum atomic E-state index is 0.194. The second-order valence-corrected chi connectivity index (χ2v) is 7.67. The molecule has 0 amide bonds. The van der Waals surface area contributed by atoms with Crippen LogP contribution in [-0.2, 0) is 0 Å². The van der Waals surface area contributed by atoms with Gasteiger partial charge in [-0.15, -0.1) is 0 Å². The Labute approximate surface area is 140 Å². The average Bonchev–Trinajstić information content (AvgIpc) is 2.59. The average molecular weight is 317 g/mol. The zero-order valence-corrected chi connectivity index (χ0v) is 15.0. The number of ether oxygens (including phenoxy) is 1. The standard InChI is InChI=1S/C20H31NO2/c1-5-10-20(2)18-9-6-14(13-22)11-17(18)16-8-7-15(23-4)12-19(16)21(20)3/h7-8,12,14,17-18,22H,5-6,9-11,13H2,1-4H3. The van der Waals surface area contributed by atoms with Gasteiger partial charge in [0.25, 0.3) is 0 Å². The van der Waals surface area contributed by atoms with Crippen LogP contribution in [0.4, 0.5) is 5.69 Å². The number of aliphatic hydroxyl groups is 1. The molecule has 0 radical (unpaired) electrons. The Hall–Kier alpha value is -1.22. The summed E-state index contributed by atoms with van der Waals surface area (Å²) in [6.45, 7) is 5.05. The molecule has 128 valence electrons. The van der Waals surface area contributed by atoms with E-state index < -0.39 is 0 Å². The number of methoxy groups -OCH3 is 1. The molecule has 0 saturated heterocycles. The molecule has 3 nitrogen and oxygen atoms in total. The van der Waals surface area contributed by atoms with Gasteiger partial charge in [-0.3, -0.25) is 0 Å². The van der Waals surface area contributed by atoms with E-state index in [1.807, 2.05) is 0 Å². The van der Waals surface area contributed by atoms with E-state index in [0.29, 0.717) is 24.4 Å². The number of hydrogen-bond donors (Lipinski definition) is 1. The molecule has 1 aromatic rings. The van der Waals surface area contributed by atoms with E-state index in [-0.39, 0.29) is 5.54 Å². The molecule has 1 fully saturated rings. The van der Waals surface area contributed by atoms with Crippen molar-refractivity contribution in [3.63, 3.8) is 0 Å². The van der Waals surface area contributed by atoms with Crippen LogP contribution in [0.5, 0.6) is 5.75 Å². The van der Waals surface area contributed by atoms with Crippen molar-refractivity contribution in [3.8, 4) is 5.75 Å². The topological polar surface area (TPSA) is 32.7 Å². The fraction of sp³-hybridized carbons (Fsp3) is 0.700. The monoisotopic (exact) mass is 317 g/mol. The molecule has 4 atom stereocenters. The summed E-state index contributed by atoms with van der Waals surface area (Å²) < 4.78 is 5.47. The first-order chi connectivity index (χ1) is 11.0. The molecule has 0 aromatic heterocycles. The first kappa shape index (κ1) is 16.6. The summed E-state index contributed by atoms with van der Waals surface area (Å²) in [6, 6.07) is 6.55. The van der Waals surface area contributed by atoms with Gasteiger partial charge in [-0.2, -0.15) is 0 Å². The fourth-order valence-corrected chi connectivity index (χ4v) is 5.15. The maximum Gasteiger partial charge on any atom is 0.120 e. The molecule has 1 heterocycles. The van der Waals surface area contributed by atoms with Crippen molar-refractivity contribution in [2.75, 3.05) is 25.7 Å². The van der Waals surface area contributed by atoms with Gasteiger partial charge in [0.1, 0.15) is 5.75 Å². The Kier molecular flexibility index (Phi) is 4.59. The molecule has 1 aromatic carbocycles. The highest BCUT2D eigenvalue weighted by atomic mass is 16.5. The number of rotatable bonds is 4. The number of nitrogens with zero attached hydrogens (tertiary/aromatic N) is 1. The van der Waals surface area contributed by atoms with Crippen LogP contribution in [0.15, 0.2) is 18.2 Å². The van der Waals surface area contributed by atoms with Gasteiger partial charge in [0.05, 0.1) is 7.11 Å². The summed E-state index contributed by atoms with van der Waals surface area (Å²) in [4.78, 5) is 2.51. The molecule has 2 aliphatic rings. The van der Waals surface area contributed by atoms with E-state index in [2.05, 4.69) is 44.0 Å². The molecule has 0 spiro atoms. The summed E-state index contributed by atoms with van der Waals surface area (Å²) in [5.41, 5.74) is 2.96. The Morgan fingerprint density at radius 3 is 2.78 bits per heavy atom. The molecule has 0 bridgehead atoms. The Balaban J connectivity index is 2.08. The van der Waals surface area contributed by atoms with Crippen molar-refractivity contribution >= 4 is 5.69 Å². The summed E-state index contributed by atoms with van der Waals surface area (Å²) in [5, 5.41) is 9.67. The van der Waals surface area contributed by atoms with Crippen LogP contribution in [0.1, 0.15) is 57.4 Å². The van der Waals surface area contributed by atoms with Crippen LogP contribution in [0, 0.1) is 11.8 Å². The summed E-state index contributed by atoms with van der Waals surface area (Å²) in [6.07, 6.45) is 5.92. The van der Waals surface area contributed by atoms with Crippen molar-refractivity contribution in [2.24, 2.45) is 11.8 Å². The lowest BCUT2D eigenvalue weighted by Crippen LogP contribution is -2.56. The summed E-state index contributed by atoms with van der Waals surface area (Å²) in [5.74, 6) is 2.63. The fourth-order valence-electron chi connectivity index (χ4n) is 5.15. The molecule has 3 heteroatoms. The molecule has 3 rings (SSSR count). The van der Waals surface area contributed by atoms with Crippen LogP contribution in [0.2, 0.25) is 0 Å². The van der Waals surface area contributed by atoms with Crippen LogP contribution < -0.4 is 9.64 Å². The van der Waals surface area contributed by atoms with E-state index in [4.69, 9.17) is 4.74 Å². The summed E-state index contributed by atoms with van der Waals surface area (Å²) in [7, 11) is 3.99. The Morgan fingerprint density at radius 2 is 2.13 bits per heavy atom. The number of anilines is 1. The highest BCUT2D eigenvalue weighted by Crippen LogP contribution is 2.55. The lowest BCUT2D eigenvalue weighted by Gasteiger charge is -2.56. The van der Waals surface area contributed by atoms with Crippen molar-refractivity contribution in [2.45, 2.75) is 57.4 Å². The van der Waals surface area contributed by atoms with Gasteiger partial charge in [0.15, 0.2) is 0 Å². The lowest BCUT2D eigenvalue weighted by molar-refractivity contribution is 0.0995. The van der Waals surface area contributed by atoms with E-state index in [9.17, 15) is 5.11 Å². The van der Waals surface area contributed by atoms with Gasteiger partial charge in [0, 0.05) is 30.9 Å². The zero-order chi connectivity index (χ0) is 16.6. The smallest absolute Gasteiger partial charge is 0.120 e. The third kappa shape index (κ3) is 2.63. The van der Waals surface area contributed by atoms with Gasteiger partial charge in [0.2, 0.25) is 0 Å². The lowest BCUT2D eigenvalue weighted by atomic mass is 9.60. The maximum atomic E-state index is 9.67. The van der Waals surface area contributed by atoms with Crippen molar-refractivity contribution in [3.05, 3.63) is 23.8 Å². The molecule has 1 aliphatic carbocycles. The van der Waals surface area contributed by atoms with E-state index in [1.54, 1.807) is 7.11 Å². The van der Waals surface area contributed by atoms with Crippen LogP contribution in [-0.4, -0.2) is 31.4 Å². The third-order valence-corrected chi connectivity index (χ3v) is 6.54. The molecule has 1 saturated carbocycles. The van der Waals surface area contributed by atoms with Crippen molar-refractivity contribution in [1.29, 1.82) is 0 Å². The first-order valence-corrected chi connectivity index (χ1v) is 9.07. The molecule has 23 heavy (non-hydrogen) atoms. The highest BCUT2D eigenvalue weighted by molar-refractivity contribution is 5.62. The van der Waals surface area contributed by atoms with Gasteiger partial charge in [-0.25, -0.2) is 0 Å². The summed E-state index contributed by atoms with van der Waals surface area (Å²) >= 11 is 0.